The third-order valence-electron chi connectivity index (χ3n) is 3.69. The van der Waals surface area contributed by atoms with Gasteiger partial charge in [0.1, 0.15) is 0 Å². The molecule has 6 nitrogen and oxygen atoms in total. The van der Waals surface area contributed by atoms with Gasteiger partial charge in [0.25, 0.3) is 0 Å². The Morgan fingerprint density at radius 3 is 2.59 bits per heavy atom. The molecule has 1 fully saturated rings. The van der Waals surface area contributed by atoms with Gasteiger partial charge in [0.15, 0.2) is 6.04 Å². The van der Waals surface area contributed by atoms with E-state index in [1.54, 1.807) is 30.3 Å². The van der Waals surface area contributed by atoms with Crippen molar-refractivity contribution in [3.63, 3.8) is 0 Å². The quantitative estimate of drug-likeness (QED) is 0.859. The standard InChI is InChI=1S/C16H20N2O4/c19-13(11-18-10-6-2-5-9-14(18)20)17-15(16(21)22)12-7-3-1-4-8-12/h1,3-4,7-8,15H,2,5-6,9-11H2,(H,17,19)(H,21,22)/t15-/m1/s1. The first kappa shape index (κ1) is 16.0. The van der Waals surface area contributed by atoms with Crippen LogP contribution in [0.15, 0.2) is 30.3 Å². The highest BCUT2D eigenvalue weighted by atomic mass is 16.4. The topological polar surface area (TPSA) is 86.7 Å². The second kappa shape index (κ2) is 7.59. The molecule has 1 aliphatic heterocycles. The Hall–Kier alpha value is -2.37. The summed E-state index contributed by atoms with van der Waals surface area (Å²) in [5.41, 5.74) is 0.505. The smallest absolute Gasteiger partial charge is 0.330 e. The lowest BCUT2D eigenvalue weighted by Gasteiger charge is -2.21. The number of carbonyl (C=O) groups is 3. The Balaban J connectivity index is 1.99. The number of hydrogen-bond donors (Lipinski definition) is 2. The van der Waals surface area contributed by atoms with Gasteiger partial charge in [-0.3, -0.25) is 9.59 Å². The van der Waals surface area contributed by atoms with Crippen LogP contribution in [0.4, 0.5) is 0 Å². The number of likely N-dealkylation sites (tertiary alicyclic amines) is 1. The van der Waals surface area contributed by atoms with Gasteiger partial charge >= 0.3 is 5.97 Å². The summed E-state index contributed by atoms with van der Waals surface area (Å²) in [6.45, 7) is 0.463. The number of rotatable bonds is 5. The molecule has 0 spiro atoms. The van der Waals surface area contributed by atoms with Crippen molar-refractivity contribution in [2.45, 2.75) is 31.7 Å². The number of hydrogen-bond acceptors (Lipinski definition) is 3. The van der Waals surface area contributed by atoms with Gasteiger partial charge in [0.05, 0.1) is 6.54 Å². The first-order valence-corrected chi connectivity index (χ1v) is 7.43. The van der Waals surface area contributed by atoms with Gasteiger partial charge in [-0.25, -0.2) is 4.79 Å². The molecule has 0 unspecified atom stereocenters. The molecule has 0 aromatic heterocycles. The lowest BCUT2D eigenvalue weighted by atomic mass is 10.1. The van der Waals surface area contributed by atoms with E-state index in [1.165, 1.54) is 4.90 Å². The van der Waals surface area contributed by atoms with Gasteiger partial charge in [-0.15, -0.1) is 0 Å². The normalized spacial score (nSPS) is 16.7. The SMILES string of the molecule is O=C(CN1CCCCCC1=O)N[C@@H](C(=O)O)c1ccccc1. The summed E-state index contributed by atoms with van der Waals surface area (Å²) in [6.07, 6.45) is 3.15. The van der Waals surface area contributed by atoms with Crippen molar-refractivity contribution in [1.82, 2.24) is 10.2 Å². The minimum absolute atomic E-state index is 0.0424. The zero-order chi connectivity index (χ0) is 15.9. The predicted molar refractivity (Wildman–Crippen MR) is 80.0 cm³/mol. The minimum Gasteiger partial charge on any atom is -0.479 e. The van der Waals surface area contributed by atoms with Crippen LogP contribution in [-0.4, -0.2) is 40.9 Å². The number of nitrogens with one attached hydrogen (secondary N) is 1. The Bertz CT molecular complexity index is 544. The third kappa shape index (κ3) is 4.31. The Labute approximate surface area is 129 Å². The Morgan fingerprint density at radius 2 is 1.91 bits per heavy atom. The summed E-state index contributed by atoms with van der Waals surface area (Å²) in [5.74, 6) is -1.62. The first-order valence-electron chi connectivity index (χ1n) is 7.43. The van der Waals surface area contributed by atoms with E-state index < -0.39 is 17.9 Å². The predicted octanol–water partition coefficient (Wildman–Crippen LogP) is 1.33. The molecule has 1 aliphatic rings. The lowest BCUT2D eigenvalue weighted by molar-refractivity contribution is -0.142. The molecule has 0 aliphatic carbocycles. The number of amides is 2. The van der Waals surface area contributed by atoms with E-state index >= 15 is 0 Å². The fraction of sp³-hybridized carbons (Fsp3) is 0.438. The fourth-order valence-corrected chi connectivity index (χ4v) is 2.52. The summed E-state index contributed by atoms with van der Waals surface area (Å²) >= 11 is 0. The van der Waals surface area contributed by atoms with Crippen molar-refractivity contribution in [3.8, 4) is 0 Å². The molecule has 0 saturated carbocycles. The molecule has 2 rings (SSSR count). The lowest BCUT2D eigenvalue weighted by Crippen LogP contribution is -2.43. The van der Waals surface area contributed by atoms with E-state index in [0.29, 0.717) is 18.5 Å². The van der Waals surface area contributed by atoms with Crippen LogP contribution in [0.2, 0.25) is 0 Å². The van der Waals surface area contributed by atoms with Crippen LogP contribution in [0.5, 0.6) is 0 Å². The van der Waals surface area contributed by atoms with Crippen molar-refractivity contribution in [1.29, 1.82) is 0 Å². The van der Waals surface area contributed by atoms with E-state index in [0.717, 1.165) is 19.3 Å². The van der Waals surface area contributed by atoms with Gasteiger partial charge in [-0.05, 0) is 18.4 Å². The van der Waals surface area contributed by atoms with Crippen molar-refractivity contribution in [2.24, 2.45) is 0 Å². The van der Waals surface area contributed by atoms with E-state index in [9.17, 15) is 19.5 Å². The van der Waals surface area contributed by atoms with Gasteiger partial charge in [-0.1, -0.05) is 36.8 Å². The summed E-state index contributed by atoms with van der Waals surface area (Å²) in [6, 6.07) is 7.41. The molecule has 1 aromatic carbocycles. The van der Waals surface area contributed by atoms with Crippen LogP contribution in [0, 0.1) is 0 Å². The van der Waals surface area contributed by atoms with Crippen LogP contribution < -0.4 is 5.32 Å². The summed E-state index contributed by atoms with van der Waals surface area (Å²) in [7, 11) is 0. The van der Waals surface area contributed by atoms with Crippen LogP contribution in [-0.2, 0) is 14.4 Å². The number of aliphatic carboxylic acids is 1. The maximum atomic E-state index is 12.1. The average molecular weight is 304 g/mol. The van der Waals surface area contributed by atoms with Crippen molar-refractivity contribution >= 4 is 17.8 Å². The average Bonchev–Trinajstić information content (AvgIpc) is 2.70. The minimum atomic E-state index is -1.12. The Kier molecular flexibility index (Phi) is 5.52. The van der Waals surface area contributed by atoms with E-state index in [1.807, 2.05) is 0 Å². The second-order valence-corrected chi connectivity index (χ2v) is 5.38. The summed E-state index contributed by atoms with van der Waals surface area (Å²) in [5, 5.41) is 11.8. The monoisotopic (exact) mass is 304 g/mol. The molecule has 118 valence electrons. The van der Waals surface area contributed by atoms with Crippen LogP contribution in [0.3, 0.4) is 0 Å². The number of carboxylic acids is 1. The fourth-order valence-electron chi connectivity index (χ4n) is 2.52. The zero-order valence-corrected chi connectivity index (χ0v) is 12.3. The second-order valence-electron chi connectivity index (χ2n) is 5.38. The number of carboxylic acid groups (broad SMARTS) is 1. The van der Waals surface area contributed by atoms with Crippen LogP contribution in [0.25, 0.3) is 0 Å². The van der Waals surface area contributed by atoms with Gasteiger partial charge < -0.3 is 15.3 Å². The maximum absolute atomic E-state index is 12.1. The molecule has 0 radical (unpaired) electrons. The molecule has 6 heteroatoms. The molecule has 22 heavy (non-hydrogen) atoms. The number of benzene rings is 1. The molecule has 1 heterocycles. The van der Waals surface area contributed by atoms with Crippen LogP contribution in [0.1, 0.15) is 37.3 Å². The highest BCUT2D eigenvalue weighted by molar-refractivity contribution is 5.88. The molecule has 2 N–H and O–H groups in total. The first-order chi connectivity index (χ1) is 10.6. The van der Waals surface area contributed by atoms with Gasteiger partial charge in [0.2, 0.25) is 11.8 Å². The summed E-state index contributed by atoms with van der Waals surface area (Å²) in [4.78, 5) is 36.8. The van der Waals surface area contributed by atoms with Crippen molar-refractivity contribution in [2.75, 3.05) is 13.1 Å². The van der Waals surface area contributed by atoms with Crippen molar-refractivity contribution < 1.29 is 19.5 Å². The zero-order valence-electron chi connectivity index (χ0n) is 12.3. The number of carbonyl (C=O) groups excluding carboxylic acids is 2. The maximum Gasteiger partial charge on any atom is 0.330 e. The van der Waals surface area contributed by atoms with Gasteiger partial charge in [0, 0.05) is 13.0 Å². The van der Waals surface area contributed by atoms with Crippen molar-refractivity contribution in [3.05, 3.63) is 35.9 Å². The molecule has 1 saturated heterocycles. The summed E-state index contributed by atoms with van der Waals surface area (Å²) < 4.78 is 0. The van der Waals surface area contributed by atoms with E-state index in [4.69, 9.17) is 0 Å². The Morgan fingerprint density at radius 1 is 1.18 bits per heavy atom. The molecular weight excluding hydrogens is 284 g/mol. The largest absolute Gasteiger partial charge is 0.479 e. The highest BCUT2D eigenvalue weighted by Crippen LogP contribution is 2.14. The van der Waals surface area contributed by atoms with E-state index in [2.05, 4.69) is 5.32 Å². The molecule has 1 atom stereocenters. The molecular formula is C16H20N2O4. The third-order valence-corrected chi connectivity index (χ3v) is 3.69. The molecule has 2 amide bonds. The number of nitrogens with zero attached hydrogens (tertiary/aromatic N) is 1. The van der Waals surface area contributed by atoms with Crippen LogP contribution >= 0.6 is 0 Å². The van der Waals surface area contributed by atoms with E-state index in [-0.39, 0.29) is 12.5 Å². The van der Waals surface area contributed by atoms with Gasteiger partial charge in [-0.2, -0.15) is 0 Å². The molecule has 1 aromatic rings. The highest BCUT2D eigenvalue weighted by Gasteiger charge is 2.24. The molecule has 0 bridgehead atoms.